The fraction of sp³-hybridized carbons (Fsp3) is 0.136. The maximum atomic E-state index is 7.00. The lowest BCUT2D eigenvalue weighted by molar-refractivity contribution is 0.600. The van der Waals surface area contributed by atoms with Crippen LogP contribution in [0, 0.1) is 0 Å². The van der Waals surface area contributed by atoms with Crippen LogP contribution in [0.15, 0.2) is 191 Å². The summed E-state index contributed by atoms with van der Waals surface area (Å²) in [6.45, 7) is 14.5. The van der Waals surface area contributed by atoms with Gasteiger partial charge in [0.15, 0.2) is 0 Å². The van der Waals surface area contributed by atoms with E-state index in [2.05, 4.69) is 216 Å². The number of hydrogen-bond acceptors (Lipinski definition) is 4. The molecule has 0 N–H and O–H groups in total. The monoisotopic (exact) mass is 900 g/mol. The predicted octanol–water partition coefficient (Wildman–Crippen LogP) is 18.1. The van der Waals surface area contributed by atoms with E-state index in [1.54, 1.807) is 0 Å². The first-order valence-corrected chi connectivity index (χ1v) is 24.6. The molecule has 70 heavy (non-hydrogen) atoms. The molecule has 0 amide bonds. The number of furan rings is 2. The number of nitrogens with zero attached hydrogens (tertiary/aromatic N) is 2. The number of fused-ring (bicyclic) bond motifs is 20. The van der Waals surface area contributed by atoms with Crippen molar-refractivity contribution >= 4 is 71.7 Å². The van der Waals surface area contributed by atoms with Crippen LogP contribution in [0.2, 0.25) is 0 Å². The lowest BCUT2D eigenvalue weighted by atomic mass is 9.72. The van der Waals surface area contributed by atoms with Crippen LogP contribution in [0.3, 0.4) is 0 Å². The third-order valence-electron chi connectivity index (χ3n) is 16.6. The van der Waals surface area contributed by atoms with Crippen LogP contribution in [0.25, 0.3) is 99.3 Å². The molecule has 0 atom stereocenters. The van der Waals surface area contributed by atoms with E-state index in [1.165, 1.54) is 88.3 Å². The molecule has 0 aliphatic heterocycles. The Kier molecular flexibility index (Phi) is 7.68. The molecule has 0 spiro atoms. The van der Waals surface area contributed by atoms with Gasteiger partial charge < -0.3 is 13.7 Å². The van der Waals surface area contributed by atoms with Gasteiger partial charge in [0, 0.05) is 71.9 Å². The van der Waals surface area contributed by atoms with Crippen molar-refractivity contribution in [3.05, 3.63) is 216 Å². The summed E-state index contributed by atoms with van der Waals surface area (Å²) in [4.78, 5) is 7.37. The molecule has 0 saturated carbocycles. The zero-order valence-corrected chi connectivity index (χ0v) is 40.0. The van der Waals surface area contributed by atoms with Gasteiger partial charge in [-0.3, -0.25) is 4.98 Å². The van der Waals surface area contributed by atoms with E-state index < -0.39 is 0 Å². The molecular weight excluding hydrogens is 853 g/mol. The lowest BCUT2D eigenvalue weighted by Gasteiger charge is -2.32. The summed E-state index contributed by atoms with van der Waals surface area (Å²) in [5, 5.41) is 7.06. The van der Waals surface area contributed by atoms with E-state index >= 15 is 0 Å². The molecule has 9 aromatic carbocycles. The van der Waals surface area contributed by atoms with Crippen LogP contribution in [-0.2, 0) is 16.2 Å². The van der Waals surface area contributed by atoms with Gasteiger partial charge in [0.2, 0.25) is 0 Å². The maximum Gasteiger partial charge on any atom is 0.145 e. The van der Waals surface area contributed by atoms with Crippen molar-refractivity contribution in [2.24, 2.45) is 0 Å². The molecule has 0 unspecified atom stereocenters. The Bertz CT molecular complexity index is 4270. The molecule has 3 aromatic heterocycles. The summed E-state index contributed by atoms with van der Waals surface area (Å²) in [7, 11) is 0. The van der Waals surface area contributed by atoms with Gasteiger partial charge in [-0.2, -0.15) is 0 Å². The van der Waals surface area contributed by atoms with Crippen molar-refractivity contribution in [1.29, 1.82) is 0 Å². The van der Waals surface area contributed by atoms with E-state index in [-0.39, 0.29) is 16.2 Å². The first-order chi connectivity index (χ1) is 34.0. The van der Waals surface area contributed by atoms with Crippen molar-refractivity contribution in [3.8, 4) is 44.6 Å². The summed E-state index contributed by atoms with van der Waals surface area (Å²) in [6.07, 6.45) is 1.87. The van der Waals surface area contributed by atoms with Gasteiger partial charge in [-0.05, 0) is 127 Å². The van der Waals surface area contributed by atoms with E-state index in [0.29, 0.717) is 0 Å². The van der Waals surface area contributed by atoms with Gasteiger partial charge in [0.25, 0.3) is 0 Å². The SMILES string of the molecule is CC1(C)c2cc(N(c3ccc4c(c3)C(C)(C)c3c5c(c6oc7ccccc7c6c3-4)-c3ccccc3C5(C)C)c3cccc4ccccc34)ccc2-c2c1cc(-c1ccccn1)c1oc3ccccc3c21. The minimum absolute atomic E-state index is 0.234. The van der Waals surface area contributed by atoms with Crippen molar-refractivity contribution in [2.75, 3.05) is 4.90 Å². The van der Waals surface area contributed by atoms with Gasteiger partial charge in [-0.15, -0.1) is 0 Å². The van der Waals surface area contributed by atoms with Crippen LogP contribution in [-0.4, -0.2) is 4.98 Å². The molecule has 0 fully saturated rings. The minimum atomic E-state index is -0.341. The second kappa shape index (κ2) is 13.5. The zero-order valence-electron chi connectivity index (χ0n) is 40.0. The Morgan fingerprint density at radius 3 is 1.69 bits per heavy atom. The zero-order chi connectivity index (χ0) is 47.0. The Hall–Kier alpha value is -8.21. The van der Waals surface area contributed by atoms with E-state index in [9.17, 15) is 0 Å². The van der Waals surface area contributed by atoms with Gasteiger partial charge in [0.1, 0.15) is 22.3 Å². The number of benzene rings is 9. The highest BCUT2D eigenvalue weighted by Crippen LogP contribution is 2.64. The van der Waals surface area contributed by atoms with Crippen LogP contribution in [0.5, 0.6) is 0 Å². The van der Waals surface area contributed by atoms with Gasteiger partial charge >= 0.3 is 0 Å². The standard InChI is InChI=1S/C66H48N2O2/c1-64(2)48-34-38(29-31-42(48)55-50(64)36-46(51-25-15-16-33-67-51)62-57(55)44-22-10-13-27-53(44)69-62)68(52-26-17-19-37-18-7-8-20-40(37)52)39-30-32-43-49(35-39)66(5,6)60-56(43)58-45-23-11-14-28-54(45)70-63(58)59-41-21-9-12-24-47(41)65(3,4)61(59)60/h7-36H,1-6H3. The molecule has 3 aliphatic carbocycles. The Balaban J connectivity index is 0.974. The fourth-order valence-corrected chi connectivity index (χ4v) is 13.4. The third kappa shape index (κ3) is 4.98. The average molecular weight is 901 g/mol. The van der Waals surface area contributed by atoms with Crippen molar-refractivity contribution in [2.45, 2.75) is 57.8 Å². The average Bonchev–Trinajstić information content (AvgIpc) is 4.14. The number of anilines is 3. The molecule has 15 rings (SSSR count). The quantitative estimate of drug-likeness (QED) is 0.176. The van der Waals surface area contributed by atoms with Crippen LogP contribution in [0.4, 0.5) is 17.1 Å². The molecule has 3 aliphatic rings. The predicted molar refractivity (Wildman–Crippen MR) is 289 cm³/mol. The van der Waals surface area contributed by atoms with Gasteiger partial charge in [-0.1, -0.05) is 157 Å². The number of hydrogen-bond donors (Lipinski definition) is 0. The number of rotatable bonds is 4. The Morgan fingerprint density at radius 2 is 0.957 bits per heavy atom. The second-order valence-electron chi connectivity index (χ2n) is 21.4. The van der Waals surface area contributed by atoms with Gasteiger partial charge in [-0.25, -0.2) is 0 Å². The first kappa shape index (κ1) is 39.8. The summed E-state index contributed by atoms with van der Waals surface area (Å²) < 4.78 is 13.8. The highest BCUT2D eigenvalue weighted by molar-refractivity contribution is 6.21. The Labute approximate surface area is 406 Å². The molecule has 0 bridgehead atoms. The lowest BCUT2D eigenvalue weighted by Crippen LogP contribution is -2.24. The van der Waals surface area contributed by atoms with Crippen LogP contribution in [0.1, 0.15) is 74.9 Å². The number of para-hydroxylation sites is 2. The third-order valence-corrected chi connectivity index (χ3v) is 16.6. The molecule has 12 aromatic rings. The highest BCUT2D eigenvalue weighted by Gasteiger charge is 2.49. The first-order valence-electron chi connectivity index (χ1n) is 24.6. The number of pyridine rings is 1. The summed E-state index contributed by atoms with van der Waals surface area (Å²) in [5.41, 5.74) is 23.7. The largest absolute Gasteiger partial charge is 0.455 e. The summed E-state index contributed by atoms with van der Waals surface area (Å²) in [5.74, 6) is 0. The second-order valence-corrected chi connectivity index (χ2v) is 21.4. The van der Waals surface area contributed by atoms with Crippen molar-refractivity contribution < 1.29 is 8.83 Å². The van der Waals surface area contributed by atoms with Gasteiger partial charge in [0.05, 0.1) is 11.4 Å². The van der Waals surface area contributed by atoms with Crippen LogP contribution < -0.4 is 4.90 Å². The molecule has 334 valence electrons. The molecule has 0 saturated heterocycles. The van der Waals surface area contributed by atoms with Crippen LogP contribution >= 0.6 is 0 Å². The van der Waals surface area contributed by atoms with E-state index in [0.717, 1.165) is 61.4 Å². The summed E-state index contributed by atoms with van der Waals surface area (Å²) >= 11 is 0. The smallest absolute Gasteiger partial charge is 0.145 e. The molecule has 3 heterocycles. The fourth-order valence-electron chi connectivity index (χ4n) is 13.4. The topological polar surface area (TPSA) is 42.4 Å². The molecule has 4 heteroatoms. The maximum absolute atomic E-state index is 7.00. The normalized spacial score (nSPS) is 15.3. The molecular formula is C66H48N2O2. The summed E-state index contributed by atoms with van der Waals surface area (Å²) in [6, 6.07) is 64.5. The molecule has 0 radical (unpaired) electrons. The highest BCUT2D eigenvalue weighted by atomic mass is 16.3. The van der Waals surface area contributed by atoms with Crippen molar-refractivity contribution in [1.82, 2.24) is 4.98 Å². The van der Waals surface area contributed by atoms with E-state index in [4.69, 9.17) is 13.8 Å². The minimum Gasteiger partial charge on any atom is -0.455 e. The van der Waals surface area contributed by atoms with Crippen molar-refractivity contribution in [3.63, 3.8) is 0 Å². The van der Waals surface area contributed by atoms with E-state index in [1.807, 2.05) is 12.3 Å². The number of aromatic nitrogens is 1. The Morgan fingerprint density at radius 1 is 0.400 bits per heavy atom. The molecule has 4 nitrogen and oxygen atoms in total.